The highest BCUT2D eigenvalue weighted by molar-refractivity contribution is 7.91. The first-order valence-electron chi connectivity index (χ1n) is 11.3. The molecule has 11 heteroatoms. The highest BCUT2D eigenvalue weighted by atomic mass is 35.5. The van der Waals surface area contributed by atoms with E-state index >= 15 is 0 Å². The monoisotopic (exact) mass is 568 g/mol. The number of benzene rings is 3. The maximum absolute atomic E-state index is 13.1. The predicted octanol–water partition coefficient (Wildman–Crippen LogP) is 4.22. The molecular formula is C26H30Cl2N2O6S. The minimum absolute atomic E-state index is 0. The number of carboxylic acids is 1. The minimum Gasteiger partial charge on any atom is -0.478 e. The van der Waals surface area contributed by atoms with E-state index in [1.54, 1.807) is 30.3 Å². The van der Waals surface area contributed by atoms with Gasteiger partial charge in [0.15, 0.2) is 0 Å². The Balaban J connectivity index is 0.00000481. The van der Waals surface area contributed by atoms with E-state index in [2.05, 4.69) is 10.6 Å². The van der Waals surface area contributed by atoms with Crippen LogP contribution in [0, 0.1) is 0 Å². The molecule has 0 radical (unpaired) electrons. The summed E-state index contributed by atoms with van der Waals surface area (Å²) in [5.74, 6) is -1.23. The van der Waals surface area contributed by atoms with E-state index in [0.29, 0.717) is 43.4 Å². The van der Waals surface area contributed by atoms with E-state index < -0.39 is 21.9 Å². The van der Waals surface area contributed by atoms with E-state index in [1.807, 2.05) is 6.07 Å². The molecule has 0 aliphatic rings. The van der Waals surface area contributed by atoms with Crippen molar-refractivity contribution in [2.75, 3.05) is 38.7 Å². The topological polar surface area (TPSA) is 125 Å². The molecule has 0 fully saturated rings. The molecule has 0 heterocycles. The predicted molar refractivity (Wildman–Crippen MR) is 146 cm³/mol. The van der Waals surface area contributed by atoms with Gasteiger partial charge in [0.05, 0.1) is 28.1 Å². The van der Waals surface area contributed by atoms with E-state index in [1.165, 1.54) is 31.4 Å². The average molecular weight is 570 g/mol. The van der Waals surface area contributed by atoms with Gasteiger partial charge in [-0.2, -0.15) is 0 Å². The van der Waals surface area contributed by atoms with Crippen molar-refractivity contribution in [1.82, 2.24) is 5.32 Å². The van der Waals surface area contributed by atoms with Gasteiger partial charge in [-0.05, 0) is 66.6 Å². The van der Waals surface area contributed by atoms with Crippen LogP contribution in [0.5, 0.6) is 0 Å². The molecule has 1 atom stereocenters. The van der Waals surface area contributed by atoms with Gasteiger partial charge >= 0.3 is 5.97 Å². The Labute approximate surface area is 228 Å². The summed E-state index contributed by atoms with van der Waals surface area (Å²) in [5, 5.41) is 26.5. The number of sulfone groups is 1. The number of ether oxygens (including phenoxy) is 1. The standard InChI is InChI=1S/C26H29ClN2O6S.ClH/c1-35-14-13-29-24-10-9-22(16-23(24)26(31)32)36(33,34)21-7-5-18(6-8-21)11-12-28-17-25(30)19-3-2-4-20(27)15-19;/h2-10,15-16,25,28-30H,11-14,17H2,1H3,(H,31,32);1H/t25-;/m1./s1. The summed E-state index contributed by atoms with van der Waals surface area (Å²) in [4.78, 5) is 11.7. The number of carboxylic acid groups (broad SMARTS) is 1. The summed E-state index contributed by atoms with van der Waals surface area (Å²) in [7, 11) is -2.37. The molecular weight excluding hydrogens is 539 g/mol. The number of halogens is 2. The van der Waals surface area contributed by atoms with Crippen LogP contribution in [0.15, 0.2) is 76.5 Å². The van der Waals surface area contributed by atoms with Crippen molar-refractivity contribution in [3.63, 3.8) is 0 Å². The second-order valence-electron chi connectivity index (χ2n) is 8.10. The third-order valence-electron chi connectivity index (χ3n) is 5.55. The smallest absolute Gasteiger partial charge is 0.337 e. The minimum atomic E-state index is -3.90. The summed E-state index contributed by atoms with van der Waals surface area (Å²) in [5.41, 5.74) is 1.84. The molecule has 0 unspecified atom stereocenters. The molecule has 0 aromatic heterocycles. The van der Waals surface area contributed by atoms with Gasteiger partial charge in [-0.15, -0.1) is 12.4 Å². The molecule has 0 spiro atoms. The first-order chi connectivity index (χ1) is 17.2. The largest absolute Gasteiger partial charge is 0.478 e. The maximum atomic E-state index is 13.1. The lowest BCUT2D eigenvalue weighted by atomic mass is 10.1. The summed E-state index contributed by atoms with van der Waals surface area (Å²) in [6.45, 7) is 1.71. The van der Waals surface area contributed by atoms with Crippen molar-refractivity contribution in [3.05, 3.63) is 88.4 Å². The van der Waals surface area contributed by atoms with Crippen LogP contribution in [0.4, 0.5) is 5.69 Å². The number of anilines is 1. The van der Waals surface area contributed by atoms with E-state index in [9.17, 15) is 23.4 Å². The van der Waals surface area contributed by atoms with Crippen LogP contribution < -0.4 is 10.6 Å². The van der Waals surface area contributed by atoms with Crippen LogP contribution in [0.2, 0.25) is 5.02 Å². The van der Waals surface area contributed by atoms with Crippen LogP contribution in [0.1, 0.15) is 27.6 Å². The van der Waals surface area contributed by atoms with Crippen molar-refractivity contribution in [2.24, 2.45) is 0 Å². The molecule has 200 valence electrons. The Morgan fingerprint density at radius 2 is 1.73 bits per heavy atom. The Hall–Kier alpha value is -2.66. The molecule has 3 aromatic carbocycles. The van der Waals surface area contributed by atoms with E-state index in [-0.39, 0.29) is 27.8 Å². The molecule has 0 amide bonds. The van der Waals surface area contributed by atoms with Gasteiger partial charge in [0.25, 0.3) is 0 Å². The second kappa shape index (κ2) is 14.3. The number of carbonyl (C=O) groups is 1. The number of methoxy groups -OCH3 is 1. The Morgan fingerprint density at radius 1 is 1.03 bits per heavy atom. The first kappa shape index (κ1) is 30.6. The summed E-state index contributed by atoms with van der Waals surface area (Å²) < 4.78 is 31.2. The molecule has 0 saturated heterocycles. The summed E-state index contributed by atoms with van der Waals surface area (Å²) >= 11 is 5.96. The third-order valence-corrected chi connectivity index (χ3v) is 7.55. The number of aromatic carboxylic acids is 1. The lowest BCUT2D eigenvalue weighted by molar-refractivity contribution is 0.0697. The fourth-order valence-corrected chi connectivity index (χ4v) is 5.07. The molecule has 0 aliphatic carbocycles. The molecule has 3 rings (SSSR count). The Morgan fingerprint density at radius 3 is 2.38 bits per heavy atom. The van der Waals surface area contributed by atoms with Gasteiger partial charge < -0.3 is 25.6 Å². The molecule has 0 aliphatic heterocycles. The highest BCUT2D eigenvalue weighted by Crippen LogP contribution is 2.26. The molecule has 4 N–H and O–H groups in total. The Bertz CT molecular complexity index is 1290. The zero-order valence-corrected chi connectivity index (χ0v) is 22.6. The van der Waals surface area contributed by atoms with Crippen molar-refractivity contribution in [2.45, 2.75) is 22.3 Å². The normalized spacial score (nSPS) is 12.0. The lowest BCUT2D eigenvalue weighted by Crippen LogP contribution is -2.23. The summed E-state index contributed by atoms with van der Waals surface area (Å²) in [6.07, 6.45) is -0.0541. The van der Waals surface area contributed by atoms with Gasteiger partial charge in [-0.3, -0.25) is 0 Å². The average Bonchev–Trinajstić information content (AvgIpc) is 2.87. The highest BCUT2D eigenvalue weighted by Gasteiger charge is 2.21. The third kappa shape index (κ3) is 8.43. The van der Waals surface area contributed by atoms with E-state index in [4.69, 9.17) is 16.3 Å². The van der Waals surface area contributed by atoms with Crippen molar-refractivity contribution >= 4 is 45.5 Å². The van der Waals surface area contributed by atoms with Gasteiger partial charge in [-0.1, -0.05) is 35.9 Å². The van der Waals surface area contributed by atoms with Crippen molar-refractivity contribution < 1.29 is 28.2 Å². The quantitative estimate of drug-likeness (QED) is 0.226. The van der Waals surface area contributed by atoms with Crippen LogP contribution in [-0.2, 0) is 21.0 Å². The molecule has 0 saturated carbocycles. The SMILES string of the molecule is COCCNc1ccc(S(=O)(=O)c2ccc(CCNC[C@@H](O)c3cccc(Cl)c3)cc2)cc1C(=O)O.Cl. The number of hydrogen-bond acceptors (Lipinski definition) is 7. The fraction of sp³-hybridized carbons (Fsp3) is 0.269. The van der Waals surface area contributed by atoms with Gasteiger partial charge in [0.2, 0.25) is 9.84 Å². The van der Waals surface area contributed by atoms with Gasteiger partial charge in [0, 0.05) is 30.9 Å². The van der Waals surface area contributed by atoms with Gasteiger partial charge in [-0.25, -0.2) is 13.2 Å². The van der Waals surface area contributed by atoms with Crippen LogP contribution in [0.3, 0.4) is 0 Å². The number of nitrogens with one attached hydrogen (secondary N) is 2. The number of hydrogen-bond donors (Lipinski definition) is 4. The number of aliphatic hydroxyl groups is 1. The summed E-state index contributed by atoms with van der Waals surface area (Å²) in [6, 6.07) is 17.5. The maximum Gasteiger partial charge on any atom is 0.337 e. The molecule has 37 heavy (non-hydrogen) atoms. The molecule has 8 nitrogen and oxygen atoms in total. The van der Waals surface area contributed by atoms with E-state index in [0.717, 1.165) is 17.2 Å². The first-order valence-corrected chi connectivity index (χ1v) is 13.2. The second-order valence-corrected chi connectivity index (χ2v) is 10.5. The number of aliphatic hydroxyl groups excluding tert-OH is 1. The molecule has 0 bridgehead atoms. The van der Waals surface area contributed by atoms with Crippen LogP contribution >= 0.6 is 24.0 Å². The zero-order valence-electron chi connectivity index (χ0n) is 20.2. The van der Waals surface area contributed by atoms with Crippen molar-refractivity contribution in [3.8, 4) is 0 Å². The Kier molecular flexibility index (Phi) is 11.8. The van der Waals surface area contributed by atoms with Gasteiger partial charge in [0.1, 0.15) is 0 Å². The number of rotatable bonds is 13. The van der Waals surface area contributed by atoms with Crippen LogP contribution in [-0.4, -0.2) is 58.0 Å². The lowest BCUT2D eigenvalue weighted by Gasteiger charge is -2.13. The molecule has 3 aromatic rings. The zero-order chi connectivity index (χ0) is 26.1. The fourth-order valence-electron chi connectivity index (χ4n) is 3.58. The van der Waals surface area contributed by atoms with Crippen molar-refractivity contribution in [1.29, 1.82) is 0 Å². The van der Waals surface area contributed by atoms with Crippen LogP contribution in [0.25, 0.3) is 0 Å².